The predicted molar refractivity (Wildman–Crippen MR) is 96.7 cm³/mol. The van der Waals surface area contributed by atoms with E-state index in [1.165, 1.54) is 20.2 Å². The summed E-state index contributed by atoms with van der Waals surface area (Å²) in [5.74, 6) is 0.693. The van der Waals surface area contributed by atoms with Crippen LogP contribution < -0.4 is 4.74 Å². The molecule has 0 saturated heterocycles. The Morgan fingerprint density at radius 3 is 2.57 bits per heavy atom. The molecule has 0 radical (unpaired) electrons. The smallest absolute Gasteiger partial charge is 0.150 e. The van der Waals surface area contributed by atoms with E-state index in [9.17, 15) is 4.79 Å². The highest BCUT2D eigenvalue weighted by Gasteiger charge is 2.13. The number of ether oxygens (including phenoxy) is 1. The molecule has 1 heterocycles. The maximum Gasteiger partial charge on any atom is 0.150 e. The van der Waals surface area contributed by atoms with Crippen LogP contribution in [0.1, 0.15) is 10.4 Å². The summed E-state index contributed by atoms with van der Waals surface area (Å²) in [5.41, 5.74) is 2.67. The SMILES string of the molecule is COc1ccc(-c2cccc3sc4ccccc4c23)c(C=O)c1. The van der Waals surface area contributed by atoms with Gasteiger partial charge in [0, 0.05) is 25.7 Å². The first-order chi connectivity index (χ1) is 11.3. The fraction of sp³-hybridized carbons (Fsp3) is 0.0500. The fourth-order valence-corrected chi connectivity index (χ4v) is 4.14. The molecule has 23 heavy (non-hydrogen) atoms. The Labute approximate surface area is 137 Å². The molecule has 0 N–H and O–H groups in total. The first-order valence-corrected chi connectivity index (χ1v) is 8.17. The Morgan fingerprint density at radius 2 is 1.74 bits per heavy atom. The average molecular weight is 318 g/mol. The molecule has 0 amide bonds. The van der Waals surface area contributed by atoms with Crippen LogP contribution in [0.3, 0.4) is 0 Å². The van der Waals surface area contributed by atoms with Gasteiger partial charge in [-0.1, -0.05) is 30.3 Å². The molecule has 4 rings (SSSR count). The van der Waals surface area contributed by atoms with Crippen LogP contribution in [0.25, 0.3) is 31.3 Å². The van der Waals surface area contributed by atoms with Crippen LogP contribution in [-0.4, -0.2) is 13.4 Å². The molecule has 0 aliphatic rings. The molecule has 1 aromatic heterocycles. The van der Waals surface area contributed by atoms with Crippen molar-refractivity contribution in [2.45, 2.75) is 0 Å². The first-order valence-electron chi connectivity index (χ1n) is 7.35. The summed E-state index contributed by atoms with van der Waals surface area (Å²) in [6.45, 7) is 0. The van der Waals surface area contributed by atoms with Gasteiger partial charge in [-0.15, -0.1) is 11.3 Å². The van der Waals surface area contributed by atoms with Gasteiger partial charge in [-0.3, -0.25) is 4.79 Å². The zero-order valence-corrected chi connectivity index (χ0v) is 13.4. The van der Waals surface area contributed by atoms with Gasteiger partial charge in [0.1, 0.15) is 5.75 Å². The van der Waals surface area contributed by atoms with Crippen molar-refractivity contribution >= 4 is 37.8 Å². The number of rotatable bonds is 3. The van der Waals surface area contributed by atoms with Crippen LogP contribution in [0.15, 0.2) is 60.7 Å². The molecule has 4 aromatic rings. The second-order valence-electron chi connectivity index (χ2n) is 5.35. The van der Waals surface area contributed by atoms with Crippen molar-refractivity contribution in [1.29, 1.82) is 0 Å². The van der Waals surface area contributed by atoms with E-state index < -0.39 is 0 Å². The molecule has 0 fully saturated rings. The van der Waals surface area contributed by atoms with Gasteiger partial charge >= 0.3 is 0 Å². The maximum atomic E-state index is 11.6. The minimum atomic E-state index is 0.645. The van der Waals surface area contributed by atoms with E-state index in [2.05, 4.69) is 36.4 Å². The minimum absolute atomic E-state index is 0.645. The summed E-state index contributed by atoms with van der Waals surface area (Å²) in [6.07, 6.45) is 0.894. The fourth-order valence-electron chi connectivity index (χ4n) is 3.01. The Hall–Kier alpha value is -2.65. The van der Waals surface area contributed by atoms with E-state index in [-0.39, 0.29) is 0 Å². The molecule has 0 atom stereocenters. The number of aldehydes is 1. The Kier molecular flexibility index (Phi) is 3.36. The lowest BCUT2D eigenvalue weighted by molar-refractivity contribution is 0.112. The van der Waals surface area contributed by atoms with Crippen molar-refractivity contribution in [3.05, 3.63) is 66.2 Å². The van der Waals surface area contributed by atoms with Gasteiger partial charge in [0.2, 0.25) is 0 Å². The van der Waals surface area contributed by atoms with E-state index >= 15 is 0 Å². The van der Waals surface area contributed by atoms with Crippen molar-refractivity contribution in [2.24, 2.45) is 0 Å². The largest absolute Gasteiger partial charge is 0.497 e. The van der Waals surface area contributed by atoms with Crippen LogP contribution >= 0.6 is 11.3 Å². The molecule has 3 heteroatoms. The second kappa shape index (κ2) is 5.52. The summed E-state index contributed by atoms with van der Waals surface area (Å²) in [7, 11) is 1.61. The highest BCUT2D eigenvalue weighted by molar-refractivity contribution is 7.25. The molecule has 0 unspecified atom stereocenters. The number of benzene rings is 3. The summed E-state index contributed by atoms with van der Waals surface area (Å²) in [5, 5.41) is 2.44. The number of thiophene rings is 1. The third-order valence-corrected chi connectivity index (χ3v) is 5.21. The number of methoxy groups -OCH3 is 1. The molecule has 112 valence electrons. The lowest BCUT2D eigenvalue weighted by Crippen LogP contribution is -1.91. The third kappa shape index (κ3) is 2.21. The maximum absolute atomic E-state index is 11.6. The van der Waals surface area contributed by atoms with Crippen LogP contribution in [-0.2, 0) is 0 Å². The normalized spacial score (nSPS) is 11.0. The zero-order valence-electron chi connectivity index (χ0n) is 12.6. The van der Waals surface area contributed by atoms with Crippen molar-refractivity contribution in [2.75, 3.05) is 7.11 Å². The summed E-state index contributed by atoms with van der Waals surface area (Å²) < 4.78 is 7.73. The monoisotopic (exact) mass is 318 g/mol. The number of hydrogen-bond acceptors (Lipinski definition) is 3. The van der Waals surface area contributed by atoms with E-state index in [0.717, 1.165) is 17.4 Å². The van der Waals surface area contributed by atoms with Gasteiger partial charge in [-0.05, 0) is 41.5 Å². The number of fused-ring (bicyclic) bond motifs is 3. The van der Waals surface area contributed by atoms with Crippen molar-refractivity contribution < 1.29 is 9.53 Å². The van der Waals surface area contributed by atoms with E-state index in [0.29, 0.717) is 11.3 Å². The van der Waals surface area contributed by atoms with Crippen LogP contribution in [0.5, 0.6) is 5.75 Å². The van der Waals surface area contributed by atoms with Crippen molar-refractivity contribution in [1.82, 2.24) is 0 Å². The molecule has 0 aliphatic carbocycles. The first kappa shape index (κ1) is 14.0. The van der Waals surface area contributed by atoms with Gasteiger partial charge in [-0.25, -0.2) is 0 Å². The molecular weight excluding hydrogens is 304 g/mol. The lowest BCUT2D eigenvalue weighted by atomic mass is 9.96. The van der Waals surface area contributed by atoms with Gasteiger partial charge in [0.05, 0.1) is 7.11 Å². The number of carbonyl (C=O) groups excluding carboxylic acids is 1. The van der Waals surface area contributed by atoms with Crippen LogP contribution in [0.2, 0.25) is 0 Å². The molecule has 0 aliphatic heterocycles. The summed E-state index contributed by atoms with van der Waals surface area (Å²) >= 11 is 1.78. The predicted octanol–water partition coefficient (Wildman–Crippen LogP) is 5.54. The standard InChI is InChI=1S/C20H14O2S/c1-22-14-9-10-15(13(11-14)12-21)16-6-4-8-19-20(16)17-5-2-3-7-18(17)23-19/h2-12H,1H3. The average Bonchev–Trinajstić information content (AvgIpc) is 2.99. The molecule has 0 spiro atoms. The van der Waals surface area contributed by atoms with E-state index in [1.807, 2.05) is 18.2 Å². The highest BCUT2D eigenvalue weighted by atomic mass is 32.1. The van der Waals surface area contributed by atoms with E-state index in [4.69, 9.17) is 4.74 Å². The summed E-state index contributed by atoms with van der Waals surface area (Å²) in [4.78, 5) is 11.6. The highest BCUT2D eigenvalue weighted by Crippen LogP contribution is 2.40. The van der Waals surface area contributed by atoms with Gasteiger partial charge < -0.3 is 4.74 Å². The summed E-state index contributed by atoms with van der Waals surface area (Å²) in [6, 6.07) is 20.3. The lowest BCUT2D eigenvalue weighted by Gasteiger charge is -2.09. The molecule has 0 bridgehead atoms. The molecular formula is C20H14O2S. The van der Waals surface area contributed by atoms with Crippen molar-refractivity contribution in [3.8, 4) is 16.9 Å². The molecule has 0 saturated carbocycles. The van der Waals surface area contributed by atoms with Gasteiger partial charge in [0.25, 0.3) is 0 Å². The van der Waals surface area contributed by atoms with Crippen LogP contribution in [0.4, 0.5) is 0 Å². The van der Waals surface area contributed by atoms with Crippen molar-refractivity contribution in [3.63, 3.8) is 0 Å². The number of carbonyl (C=O) groups is 1. The second-order valence-corrected chi connectivity index (χ2v) is 6.43. The Balaban J connectivity index is 2.08. The Morgan fingerprint density at radius 1 is 0.913 bits per heavy atom. The quantitative estimate of drug-likeness (QED) is 0.463. The van der Waals surface area contributed by atoms with E-state index in [1.54, 1.807) is 24.5 Å². The molecule has 3 aromatic carbocycles. The third-order valence-electron chi connectivity index (χ3n) is 4.08. The molecule has 2 nitrogen and oxygen atoms in total. The number of hydrogen-bond donors (Lipinski definition) is 0. The zero-order chi connectivity index (χ0) is 15.8. The topological polar surface area (TPSA) is 26.3 Å². The minimum Gasteiger partial charge on any atom is -0.497 e. The van der Waals surface area contributed by atoms with Gasteiger partial charge in [-0.2, -0.15) is 0 Å². The Bertz CT molecular complexity index is 1030. The van der Waals surface area contributed by atoms with Crippen LogP contribution in [0, 0.1) is 0 Å². The van der Waals surface area contributed by atoms with Gasteiger partial charge in [0.15, 0.2) is 6.29 Å².